The lowest BCUT2D eigenvalue weighted by atomic mass is 10.2. The highest BCUT2D eigenvalue weighted by molar-refractivity contribution is 7.14. The van der Waals surface area contributed by atoms with Gasteiger partial charge in [0.1, 0.15) is 0 Å². The Morgan fingerprint density at radius 2 is 1.91 bits per heavy atom. The van der Waals surface area contributed by atoms with Gasteiger partial charge in [0.2, 0.25) is 0 Å². The first kappa shape index (κ1) is 15.3. The Balaban J connectivity index is 2.14. The molecule has 0 atom stereocenters. The van der Waals surface area contributed by atoms with Crippen molar-refractivity contribution in [2.75, 3.05) is 0 Å². The Kier molecular flexibility index (Phi) is 4.60. The van der Waals surface area contributed by atoms with Gasteiger partial charge < -0.3 is 4.57 Å². The molecule has 0 N–H and O–H groups in total. The van der Waals surface area contributed by atoms with Crippen molar-refractivity contribution in [1.82, 2.24) is 4.57 Å². The number of aromatic nitrogens is 1. The number of thiophene rings is 1. The Morgan fingerprint density at radius 3 is 2.59 bits per heavy atom. The van der Waals surface area contributed by atoms with E-state index in [2.05, 4.69) is 66.4 Å². The first-order valence-electron chi connectivity index (χ1n) is 7.47. The van der Waals surface area contributed by atoms with E-state index in [-0.39, 0.29) is 0 Å². The summed E-state index contributed by atoms with van der Waals surface area (Å²) in [5.74, 6) is 0.587. The fourth-order valence-corrected chi connectivity index (χ4v) is 4.12. The first-order chi connectivity index (χ1) is 10.6. The van der Waals surface area contributed by atoms with Crippen LogP contribution in [0.3, 0.4) is 0 Å². The third-order valence-corrected chi connectivity index (χ3v) is 5.21. The van der Waals surface area contributed by atoms with Gasteiger partial charge >= 0.3 is 0 Å². The predicted molar refractivity (Wildman–Crippen MR) is 96.9 cm³/mol. The zero-order chi connectivity index (χ0) is 15.5. The molecule has 22 heavy (non-hydrogen) atoms. The fraction of sp³-hybridized carbons (Fsp3) is 0.278. The van der Waals surface area contributed by atoms with Gasteiger partial charge in [0.05, 0.1) is 16.3 Å². The number of para-hydroxylation sites is 1. The number of hydrogen-bond donors (Lipinski definition) is 0. The quantitative estimate of drug-likeness (QED) is 0.604. The Hall–Kier alpha value is -1.65. The lowest BCUT2D eigenvalue weighted by molar-refractivity contribution is 0.518. The first-order valence-corrected chi connectivity index (χ1v) is 9.23. The van der Waals surface area contributed by atoms with Crippen molar-refractivity contribution in [3.05, 3.63) is 57.5 Å². The maximum absolute atomic E-state index is 4.91. The third-order valence-electron chi connectivity index (χ3n) is 3.45. The fourth-order valence-electron chi connectivity index (χ4n) is 2.37. The molecule has 0 aliphatic rings. The molecule has 0 amide bonds. The summed E-state index contributed by atoms with van der Waals surface area (Å²) in [6.45, 7) is 7.60. The van der Waals surface area contributed by atoms with Crippen LogP contribution in [-0.4, -0.2) is 4.57 Å². The second-order valence-electron chi connectivity index (χ2n) is 5.78. The van der Waals surface area contributed by atoms with Gasteiger partial charge in [0.25, 0.3) is 0 Å². The molecule has 0 radical (unpaired) electrons. The molecule has 0 spiro atoms. The zero-order valence-electron chi connectivity index (χ0n) is 13.1. The van der Waals surface area contributed by atoms with E-state index in [4.69, 9.17) is 4.99 Å². The summed E-state index contributed by atoms with van der Waals surface area (Å²) >= 11 is 3.51. The molecular formula is C18H20N2S2. The second kappa shape index (κ2) is 6.63. The highest BCUT2D eigenvalue weighted by Gasteiger charge is 2.10. The molecule has 0 aliphatic heterocycles. The van der Waals surface area contributed by atoms with E-state index in [0.717, 1.165) is 17.0 Å². The number of aryl methyl sites for hydroxylation is 1. The van der Waals surface area contributed by atoms with Crippen LogP contribution in [0.5, 0.6) is 0 Å². The van der Waals surface area contributed by atoms with Crippen LogP contribution in [-0.2, 0) is 6.54 Å². The Morgan fingerprint density at radius 1 is 1.09 bits per heavy atom. The molecule has 0 bridgehead atoms. The number of benzene rings is 1. The normalized spacial score (nSPS) is 12.3. The molecular weight excluding hydrogens is 308 g/mol. The zero-order valence-corrected chi connectivity index (χ0v) is 14.7. The van der Waals surface area contributed by atoms with E-state index in [1.807, 2.05) is 6.07 Å². The molecule has 2 aromatic heterocycles. The summed E-state index contributed by atoms with van der Waals surface area (Å²) in [6, 6.07) is 12.6. The molecule has 0 unspecified atom stereocenters. The minimum Gasteiger partial charge on any atom is -0.315 e. The average molecular weight is 329 g/mol. The van der Waals surface area contributed by atoms with Gasteiger partial charge in [0.15, 0.2) is 4.80 Å². The summed E-state index contributed by atoms with van der Waals surface area (Å²) in [5, 5.41) is 4.36. The summed E-state index contributed by atoms with van der Waals surface area (Å²) in [6.07, 6.45) is 0. The summed E-state index contributed by atoms with van der Waals surface area (Å²) < 4.78 is 2.35. The predicted octanol–water partition coefficient (Wildman–Crippen LogP) is 5.47. The molecule has 0 saturated heterocycles. The SMILES string of the molecule is Cc1ccccc1N=c1scc(-c2cccs2)n1CC(C)C. The van der Waals surface area contributed by atoms with Gasteiger partial charge in [-0.2, -0.15) is 0 Å². The van der Waals surface area contributed by atoms with E-state index in [1.54, 1.807) is 22.7 Å². The van der Waals surface area contributed by atoms with Crippen LogP contribution in [0.15, 0.2) is 52.2 Å². The smallest absolute Gasteiger partial charge is 0.190 e. The van der Waals surface area contributed by atoms with Gasteiger partial charge in [-0.3, -0.25) is 0 Å². The van der Waals surface area contributed by atoms with E-state index in [9.17, 15) is 0 Å². The molecule has 4 heteroatoms. The van der Waals surface area contributed by atoms with Gasteiger partial charge in [0, 0.05) is 11.9 Å². The number of rotatable bonds is 4. The summed E-state index contributed by atoms with van der Waals surface area (Å²) in [4.78, 5) is 7.29. The lowest BCUT2D eigenvalue weighted by Crippen LogP contribution is -2.18. The molecule has 3 rings (SSSR count). The van der Waals surface area contributed by atoms with Crippen molar-refractivity contribution in [3.63, 3.8) is 0 Å². The second-order valence-corrected chi connectivity index (χ2v) is 7.57. The van der Waals surface area contributed by atoms with Gasteiger partial charge in [-0.1, -0.05) is 38.1 Å². The summed E-state index contributed by atoms with van der Waals surface area (Å²) in [5.41, 5.74) is 3.55. The molecule has 3 aromatic rings. The van der Waals surface area contributed by atoms with Crippen LogP contribution in [0, 0.1) is 12.8 Å². The van der Waals surface area contributed by atoms with Crippen LogP contribution in [0.25, 0.3) is 10.6 Å². The van der Waals surface area contributed by atoms with Crippen LogP contribution < -0.4 is 4.80 Å². The number of thiazole rings is 1. The van der Waals surface area contributed by atoms with Crippen LogP contribution in [0.2, 0.25) is 0 Å². The maximum Gasteiger partial charge on any atom is 0.190 e. The largest absolute Gasteiger partial charge is 0.315 e. The van der Waals surface area contributed by atoms with Crippen molar-refractivity contribution in [2.45, 2.75) is 27.3 Å². The Bertz CT molecular complexity index is 808. The monoisotopic (exact) mass is 328 g/mol. The van der Waals surface area contributed by atoms with Crippen LogP contribution in [0.1, 0.15) is 19.4 Å². The molecule has 1 aromatic carbocycles. The summed E-state index contributed by atoms with van der Waals surface area (Å²) in [7, 11) is 0. The maximum atomic E-state index is 4.91. The van der Waals surface area contributed by atoms with Crippen molar-refractivity contribution >= 4 is 28.4 Å². The topological polar surface area (TPSA) is 17.3 Å². The minimum absolute atomic E-state index is 0.587. The van der Waals surface area contributed by atoms with Crippen molar-refractivity contribution in [3.8, 4) is 10.6 Å². The van der Waals surface area contributed by atoms with E-state index in [1.165, 1.54) is 16.1 Å². The third kappa shape index (κ3) is 3.23. The number of hydrogen-bond acceptors (Lipinski definition) is 3. The molecule has 2 nitrogen and oxygen atoms in total. The lowest BCUT2D eigenvalue weighted by Gasteiger charge is -2.10. The van der Waals surface area contributed by atoms with Crippen molar-refractivity contribution in [1.29, 1.82) is 0 Å². The van der Waals surface area contributed by atoms with Crippen molar-refractivity contribution in [2.24, 2.45) is 10.9 Å². The van der Waals surface area contributed by atoms with Gasteiger partial charge in [-0.05, 0) is 35.9 Å². The van der Waals surface area contributed by atoms with Crippen molar-refractivity contribution < 1.29 is 0 Å². The number of nitrogens with zero attached hydrogens (tertiary/aromatic N) is 2. The van der Waals surface area contributed by atoms with E-state index in [0.29, 0.717) is 5.92 Å². The highest BCUT2D eigenvalue weighted by Crippen LogP contribution is 2.26. The molecule has 114 valence electrons. The average Bonchev–Trinajstić information content (AvgIpc) is 3.11. The molecule has 0 saturated carbocycles. The van der Waals surface area contributed by atoms with E-state index >= 15 is 0 Å². The van der Waals surface area contributed by atoms with Gasteiger partial charge in [-0.25, -0.2) is 4.99 Å². The molecule has 0 fully saturated rings. The Labute approximate surface area is 139 Å². The highest BCUT2D eigenvalue weighted by atomic mass is 32.1. The van der Waals surface area contributed by atoms with E-state index < -0.39 is 0 Å². The van der Waals surface area contributed by atoms with Gasteiger partial charge in [-0.15, -0.1) is 22.7 Å². The standard InChI is InChI=1S/C18H20N2S2/c1-13(2)11-20-16(17-9-6-10-21-17)12-22-18(20)19-15-8-5-4-7-14(15)3/h4-10,12-13H,11H2,1-3H3. The molecule has 2 heterocycles. The van der Waals surface area contributed by atoms with Crippen LogP contribution >= 0.6 is 22.7 Å². The molecule has 0 aliphatic carbocycles. The van der Waals surface area contributed by atoms with Crippen LogP contribution in [0.4, 0.5) is 5.69 Å². The minimum atomic E-state index is 0.587.